The van der Waals surface area contributed by atoms with Crippen molar-refractivity contribution in [2.24, 2.45) is 0 Å². The number of nitrogens with zero attached hydrogens (tertiary/aromatic N) is 1. The molecule has 0 heterocycles. The van der Waals surface area contributed by atoms with E-state index in [4.69, 9.17) is 28.5 Å². The Hall–Kier alpha value is -2.02. The lowest BCUT2D eigenvalue weighted by Crippen LogP contribution is -2.12. The molecule has 2 rings (SSSR count). The maximum atomic E-state index is 12.0. The van der Waals surface area contributed by atoms with E-state index < -0.39 is 0 Å². The maximum Gasteiger partial charge on any atom is 0.255 e. The lowest BCUT2D eigenvalue weighted by Gasteiger charge is -2.07. The van der Waals surface area contributed by atoms with Crippen molar-refractivity contribution in [2.75, 3.05) is 5.32 Å². The highest BCUT2D eigenvalue weighted by Crippen LogP contribution is 2.21. The first-order valence-electron chi connectivity index (χ1n) is 5.37. The van der Waals surface area contributed by atoms with Crippen LogP contribution < -0.4 is 5.32 Å². The molecule has 0 fully saturated rings. The highest BCUT2D eigenvalue weighted by Gasteiger charge is 2.10. The molecule has 1 N–H and O–H groups in total. The zero-order chi connectivity index (χ0) is 13.8. The fourth-order valence-corrected chi connectivity index (χ4v) is 1.90. The molecule has 0 aromatic heterocycles. The predicted molar refractivity (Wildman–Crippen MR) is 75.6 cm³/mol. The lowest BCUT2D eigenvalue weighted by atomic mass is 10.1. The SMILES string of the molecule is N#Cc1ccc(Cl)cc1NC(=O)c1cccc(Cl)c1. The Morgan fingerprint density at radius 2 is 1.84 bits per heavy atom. The standard InChI is InChI=1S/C14H8Cl2N2O/c15-11-3-1-2-9(6-11)14(19)18-13-7-12(16)5-4-10(13)8-17/h1-7H,(H,18,19). The quantitative estimate of drug-likeness (QED) is 0.905. The first kappa shape index (κ1) is 13.4. The van der Waals surface area contributed by atoms with Crippen LogP contribution >= 0.6 is 23.2 Å². The molecule has 2 aromatic carbocycles. The van der Waals surface area contributed by atoms with Gasteiger partial charge in [0.1, 0.15) is 6.07 Å². The molecule has 2 aromatic rings. The van der Waals surface area contributed by atoms with Crippen LogP contribution in [-0.4, -0.2) is 5.91 Å². The Balaban J connectivity index is 2.29. The van der Waals surface area contributed by atoms with E-state index in [0.717, 1.165) is 0 Å². The predicted octanol–water partition coefficient (Wildman–Crippen LogP) is 4.12. The zero-order valence-corrected chi connectivity index (χ0v) is 11.2. The van der Waals surface area contributed by atoms with Crippen molar-refractivity contribution < 1.29 is 4.79 Å². The molecule has 3 nitrogen and oxygen atoms in total. The summed E-state index contributed by atoms with van der Waals surface area (Å²) in [5, 5.41) is 12.5. The van der Waals surface area contributed by atoms with Crippen molar-refractivity contribution in [1.82, 2.24) is 0 Å². The van der Waals surface area contributed by atoms with Crippen molar-refractivity contribution in [1.29, 1.82) is 5.26 Å². The first-order chi connectivity index (χ1) is 9.10. The van der Waals surface area contributed by atoms with Crippen molar-refractivity contribution in [2.45, 2.75) is 0 Å². The highest BCUT2D eigenvalue weighted by atomic mass is 35.5. The van der Waals surface area contributed by atoms with Crippen LogP contribution in [0.15, 0.2) is 42.5 Å². The van der Waals surface area contributed by atoms with Crippen LogP contribution in [0.25, 0.3) is 0 Å². The smallest absolute Gasteiger partial charge is 0.255 e. The maximum absolute atomic E-state index is 12.0. The first-order valence-corrected chi connectivity index (χ1v) is 6.12. The molecule has 0 saturated carbocycles. The van der Waals surface area contributed by atoms with E-state index in [0.29, 0.717) is 26.9 Å². The molecule has 0 unspecified atom stereocenters. The fraction of sp³-hybridized carbons (Fsp3) is 0. The van der Waals surface area contributed by atoms with E-state index in [2.05, 4.69) is 5.32 Å². The second-order valence-electron chi connectivity index (χ2n) is 3.77. The Morgan fingerprint density at radius 1 is 1.11 bits per heavy atom. The van der Waals surface area contributed by atoms with Crippen LogP contribution in [-0.2, 0) is 0 Å². The molecular formula is C14H8Cl2N2O. The van der Waals surface area contributed by atoms with E-state index in [9.17, 15) is 4.79 Å². The minimum Gasteiger partial charge on any atom is -0.321 e. The van der Waals surface area contributed by atoms with E-state index in [1.54, 1.807) is 36.4 Å². The van der Waals surface area contributed by atoms with Gasteiger partial charge in [-0.05, 0) is 36.4 Å². The molecule has 0 aliphatic heterocycles. The number of rotatable bonds is 2. The van der Waals surface area contributed by atoms with Gasteiger partial charge in [-0.2, -0.15) is 5.26 Å². The zero-order valence-electron chi connectivity index (χ0n) is 9.65. The van der Waals surface area contributed by atoms with Crippen LogP contribution in [0.3, 0.4) is 0 Å². The van der Waals surface area contributed by atoms with Gasteiger partial charge in [0, 0.05) is 15.6 Å². The van der Waals surface area contributed by atoms with Gasteiger partial charge in [0.2, 0.25) is 0 Å². The summed E-state index contributed by atoms with van der Waals surface area (Å²) >= 11 is 11.7. The molecular weight excluding hydrogens is 283 g/mol. The summed E-state index contributed by atoms with van der Waals surface area (Å²) in [6, 6.07) is 13.2. The molecule has 19 heavy (non-hydrogen) atoms. The molecule has 1 amide bonds. The molecule has 0 bridgehead atoms. The van der Waals surface area contributed by atoms with Gasteiger partial charge in [-0.15, -0.1) is 0 Å². The third kappa shape index (κ3) is 3.25. The molecule has 0 spiro atoms. The summed E-state index contributed by atoms with van der Waals surface area (Å²) in [5.41, 5.74) is 1.14. The van der Waals surface area contributed by atoms with Gasteiger partial charge >= 0.3 is 0 Å². The average Bonchev–Trinajstić information content (AvgIpc) is 2.39. The van der Waals surface area contributed by atoms with Crippen molar-refractivity contribution in [3.8, 4) is 6.07 Å². The van der Waals surface area contributed by atoms with Gasteiger partial charge in [0.25, 0.3) is 5.91 Å². The van der Waals surface area contributed by atoms with Gasteiger partial charge in [-0.3, -0.25) is 4.79 Å². The van der Waals surface area contributed by atoms with Gasteiger partial charge in [-0.1, -0.05) is 29.3 Å². The Morgan fingerprint density at radius 3 is 2.53 bits per heavy atom. The van der Waals surface area contributed by atoms with E-state index in [1.807, 2.05) is 6.07 Å². The summed E-state index contributed by atoms with van der Waals surface area (Å²) in [5.74, 6) is -0.346. The summed E-state index contributed by atoms with van der Waals surface area (Å²) < 4.78 is 0. The minimum atomic E-state index is -0.346. The number of nitriles is 1. The van der Waals surface area contributed by atoms with Gasteiger partial charge < -0.3 is 5.32 Å². The van der Waals surface area contributed by atoms with E-state index >= 15 is 0 Å². The number of anilines is 1. The lowest BCUT2D eigenvalue weighted by molar-refractivity contribution is 0.102. The van der Waals surface area contributed by atoms with Crippen LogP contribution in [0.1, 0.15) is 15.9 Å². The van der Waals surface area contributed by atoms with E-state index in [1.165, 1.54) is 6.07 Å². The van der Waals surface area contributed by atoms with Gasteiger partial charge in [0.15, 0.2) is 0 Å². The normalized spacial score (nSPS) is 9.74. The average molecular weight is 291 g/mol. The van der Waals surface area contributed by atoms with E-state index in [-0.39, 0.29) is 5.91 Å². The number of carbonyl (C=O) groups is 1. The Bertz CT molecular complexity index is 677. The number of nitrogens with one attached hydrogen (secondary N) is 1. The molecule has 0 atom stereocenters. The van der Waals surface area contributed by atoms with Crippen LogP contribution in [0.2, 0.25) is 10.0 Å². The molecule has 94 valence electrons. The molecule has 0 saturated heterocycles. The summed E-state index contributed by atoms with van der Waals surface area (Å²) in [6.45, 7) is 0. The van der Waals surface area contributed by atoms with Gasteiger partial charge in [-0.25, -0.2) is 0 Å². The summed E-state index contributed by atoms with van der Waals surface area (Å²) in [7, 11) is 0. The Kier molecular flexibility index (Phi) is 4.06. The number of hydrogen-bond donors (Lipinski definition) is 1. The molecule has 0 aliphatic rings. The number of hydrogen-bond acceptors (Lipinski definition) is 2. The third-order valence-electron chi connectivity index (χ3n) is 2.44. The number of benzene rings is 2. The fourth-order valence-electron chi connectivity index (χ4n) is 1.54. The topological polar surface area (TPSA) is 52.9 Å². The second kappa shape index (κ2) is 5.75. The second-order valence-corrected chi connectivity index (χ2v) is 4.64. The van der Waals surface area contributed by atoms with Crippen molar-refractivity contribution in [3.05, 3.63) is 63.6 Å². The van der Waals surface area contributed by atoms with Crippen LogP contribution in [0.4, 0.5) is 5.69 Å². The largest absolute Gasteiger partial charge is 0.321 e. The number of halogens is 2. The monoisotopic (exact) mass is 290 g/mol. The minimum absolute atomic E-state index is 0.346. The van der Waals surface area contributed by atoms with Crippen molar-refractivity contribution in [3.63, 3.8) is 0 Å². The molecule has 0 aliphatic carbocycles. The molecule has 5 heteroatoms. The summed E-state index contributed by atoms with van der Waals surface area (Å²) in [6.07, 6.45) is 0. The highest BCUT2D eigenvalue weighted by molar-refractivity contribution is 6.31. The number of carbonyl (C=O) groups excluding carboxylic acids is 1. The van der Waals surface area contributed by atoms with Crippen LogP contribution in [0.5, 0.6) is 0 Å². The molecule has 0 radical (unpaired) electrons. The Labute approximate surface area is 120 Å². The van der Waals surface area contributed by atoms with Gasteiger partial charge in [0.05, 0.1) is 11.3 Å². The number of amides is 1. The summed E-state index contributed by atoms with van der Waals surface area (Å²) in [4.78, 5) is 12.0. The van der Waals surface area contributed by atoms with Crippen molar-refractivity contribution >= 4 is 34.8 Å². The third-order valence-corrected chi connectivity index (χ3v) is 2.91. The van der Waals surface area contributed by atoms with Crippen LogP contribution in [0, 0.1) is 11.3 Å².